The van der Waals surface area contributed by atoms with E-state index in [1.54, 1.807) is 17.8 Å². The van der Waals surface area contributed by atoms with Gasteiger partial charge in [-0.2, -0.15) is 5.26 Å². The normalized spacial score (nSPS) is 13.6. The van der Waals surface area contributed by atoms with Crippen molar-refractivity contribution in [2.45, 2.75) is 74.6 Å². The molecule has 0 saturated heterocycles. The molecule has 0 fully saturated rings. The fraction of sp³-hybridized carbons (Fsp3) is 0.375. The van der Waals surface area contributed by atoms with Gasteiger partial charge in [0.1, 0.15) is 12.4 Å². The van der Waals surface area contributed by atoms with Gasteiger partial charge in [-0.1, -0.05) is 56.0 Å². The summed E-state index contributed by atoms with van der Waals surface area (Å²) in [5, 5.41) is 12.2. The molecular weight excluding hydrogens is 492 g/mol. The van der Waals surface area contributed by atoms with Gasteiger partial charge in [0.25, 0.3) is 0 Å². The van der Waals surface area contributed by atoms with Crippen molar-refractivity contribution in [3.63, 3.8) is 0 Å². The first-order valence-corrected chi connectivity index (χ1v) is 14.0. The Hall–Kier alpha value is -3.43. The van der Waals surface area contributed by atoms with Gasteiger partial charge in [-0.25, -0.2) is 4.79 Å². The number of allylic oxidation sites excluding steroid dienone is 3. The molecule has 0 bridgehead atoms. The molecule has 2 aromatic rings. The number of benzene rings is 2. The van der Waals surface area contributed by atoms with Crippen LogP contribution in [0, 0.1) is 18.3 Å². The minimum atomic E-state index is -0.697. The van der Waals surface area contributed by atoms with Gasteiger partial charge in [0, 0.05) is 9.79 Å². The van der Waals surface area contributed by atoms with E-state index in [9.17, 15) is 10.1 Å². The van der Waals surface area contributed by atoms with Crippen LogP contribution in [0.5, 0.6) is 5.75 Å². The third-order valence-corrected chi connectivity index (χ3v) is 7.27. The van der Waals surface area contributed by atoms with Gasteiger partial charge in [-0.05, 0) is 92.1 Å². The van der Waals surface area contributed by atoms with E-state index in [0.29, 0.717) is 19.4 Å². The largest absolute Gasteiger partial charge is 0.489 e. The molecule has 0 heterocycles. The van der Waals surface area contributed by atoms with E-state index in [2.05, 4.69) is 73.4 Å². The van der Waals surface area contributed by atoms with Crippen LogP contribution in [0.1, 0.15) is 57.1 Å². The molecule has 0 saturated carbocycles. The second-order valence-electron chi connectivity index (χ2n) is 8.97. The van der Waals surface area contributed by atoms with Crippen molar-refractivity contribution in [1.29, 1.82) is 5.26 Å². The van der Waals surface area contributed by atoms with Crippen LogP contribution >= 0.6 is 11.8 Å². The van der Waals surface area contributed by atoms with Crippen molar-refractivity contribution in [1.82, 2.24) is 5.32 Å². The monoisotopic (exact) mass is 532 g/mol. The fourth-order valence-electron chi connectivity index (χ4n) is 4.19. The molecule has 0 aliphatic heterocycles. The molecule has 1 unspecified atom stereocenters. The smallest absolute Gasteiger partial charge is 0.407 e. The molecule has 0 radical (unpaired) electrons. The molecule has 1 aliphatic carbocycles. The lowest BCUT2D eigenvalue weighted by molar-refractivity contribution is 0.153. The van der Waals surface area contributed by atoms with Gasteiger partial charge >= 0.3 is 6.09 Å². The number of nitriles is 1. The first-order valence-electron chi connectivity index (χ1n) is 13.2. The number of aryl methyl sites for hydroxylation is 2. The van der Waals surface area contributed by atoms with Gasteiger partial charge < -0.3 is 14.8 Å². The summed E-state index contributed by atoms with van der Waals surface area (Å²) in [5.41, 5.74) is 2.99. The van der Waals surface area contributed by atoms with E-state index in [4.69, 9.17) is 9.47 Å². The molecule has 3 rings (SSSR count). The highest BCUT2D eigenvalue weighted by atomic mass is 32.2. The van der Waals surface area contributed by atoms with Crippen LogP contribution in [-0.2, 0) is 11.2 Å². The van der Waals surface area contributed by atoms with Gasteiger partial charge in [0.2, 0.25) is 0 Å². The number of methoxy groups -OCH3 is 1. The van der Waals surface area contributed by atoms with Gasteiger partial charge in [0.05, 0.1) is 25.1 Å². The standard InChI is InChI=1S/C30H34N2O3S.C2H6/c1-4-17-30(19-20-31,32-29(33)34-3)18-16-25-10-13-28(21-23(25)2)36-27-14-11-26(12-15-27)35-22-24-8-6-5-7-9-24;1-2/h4-6,8,10-15,21H,1,7,9,16-19,22H2,2-3H3,(H,32,33);1-2H3. The molecule has 2 aromatic carbocycles. The summed E-state index contributed by atoms with van der Waals surface area (Å²) < 4.78 is 10.7. The Morgan fingerprint density at radius 1 is 1.21 bits per heavy atom. The van der Waals surface area contributed by atoms with Crippen LogP contribution in [0.3, 0.4) is 0 Å². The average Bonchev–Trinajstić information content (AvgIpc) is 2.94. The van der Waals surface area contributed by atoms with Gasteiger partial charge in [-0.15, -0.1) is 6.58 Å². The first-order chi connectivity index (χ1) is 18.5. The second kappa shape index (κ2) is 16.4. The van der Waals surface area contributed by atoms with E-state index in [1.807, 2.05) is 26.0 Å². The molecule has 0 aromatic heterocycles. The lowest BCUT2D eigenvalue weighted by Gasteiger charge is -2.31. The van der Waals surface area contributed by atoms with Crippen molar-refractivity contribution in [3.8, 4) is 11.8 Å². The quantitative estimate of drug-likeness (QED) is 0.278. The average molecular weight is 533 g/mol. The van der Waals surface area contributed by atoms with E-state index >= 15 is 0 Å². The predicted molar refractivity (Wildman–Crippen MR) is 157 cm³/mol. The number of rotatable bonds is 12. The molecule has 202 valence electrons. The third-order valence-electron chi connectivity index (χ3n) is 6.28. The van der Waals surface area contributed by atoms with E-state index in [-0.39, 0.29) is 6.42 Å². The highest BCUT2D eigenvalue weighted by Crippen LogP contribution is 2.32. The minimum absolute atomic E-state index is 0.190. The maximum Gasteiger partial charge on any atom is 0.407 e. The molecular formula is C32H40N2O3S. The summed E-state index contributed by atoms with van der Waals surface area (Å²) in [5.74, 6) is 0.877. The number of amides is 1. The van der Waals surface area contributed by atoms with Crippen LogP contribution in [0.15, 0.2) is 88.7 Å². The van der Waals surface area contributed by atoms with Gasteiger partial charge in [0.15, 0.2) is 0 Å². The zero-order valence-corrected chi connectivity index (χ0v) is 23.9. The Balaban J connectivity index is 0.00000247. The van der Waals surface area contributed by atoms with Crippen molar-refractivity contribution < 1.29 is 14.3 Å². The highest BCUT2D eigenvalue weighted by Gasteiger charge is 2.31. The summed E-state index contributed by atoms with van der Waals surface area (Å²) in [6.07, 6.45) is 11.8. The predicted octanol–water partition coefficient (Wildman–Crippen LogP) is 8.34. The number of hydrogen-bond acceptors (Lipinski definition) is 5. The Morgan fingerprint density at radius 3 is 2.55 bits per heavy atom. The SMILES string of the molecule is C=CCC(CC#N)(CCc1ccc(Sc2ccc(OCC3=CC=CCC3)cc2)cc1C)NC(=O)OC.CC. The molecule has 1 atom stereocenters. The van der Waals surface area contributed by atoms with Crippen molar-refractivity contribution in [2.24, 2.45) is 0 Å². The summed E-state index contributed by atoms with van der Waals surface area (Å²) in [6, 6.07) is 16.8. The number of carbonyl (C=O) groups is 1. The number of nitrogens with zero attached hydrogens (tertiary/aromatic N) is 1. The molecule has 0 spiro atoms. The highest BCUT2D eigenvalue weighted by molar-refractivity contribution is 7.99. The lowest BCUT2D eigenvalue weighted by atomic mass is 9.84. The van der Waals surface area contributed by atoms with E-state index in [1.165, 1.54) is 23.8 Å². The lowest BCUT2D eigenvalue weighted by Crippen LogP contribution is -2.48. The molecule has 38 heavy (non-hydrogen) atoms. The van der Waals surface area contributed by atoms with Crippen LogP contribution in [0.25, 0.3) is 0 Å². The molecule has 1 amide bonds. The Morgan fingerprint density at radius 2 is 1.95 bits per heavy atom. The fourth-order valence-corrected chi connectivity index (χ4v) is 5.11. The Bertz CT molecular complexity index is 1150. The Kier molecular flexibility index (Phi) is 13.3. The van der Waals surface area contributed by atoms with Crippen molar-refractivity contribution in [2.75, 3.05) is 13.7 Å². The number of nitrogens with one attached hydrogen (secondary N) is 1. The molecule has 1 aliphatic rings. The van der Waals surface area contributed by atoms with Crippen molar-refractivity contribution >= 4 is 17.9 Å². The van der Waals surface area contributed by atoms with Crippen LogP contribution in [0.2, 0.25) is 0 Å². The summed E-state index contributed by atoms with van der Waals surface area (Å²) in [7, 11) is 1.33. The zero-order chi connectivity index (χ0) is 27.8. The number of carbonyl (C=O) groups excluding carboxylic acids is 1. The van der Waals surface area contributed by atoms with E-state index in [0.717, 1.165) is 34.8 Å². The molecule has 5 nitrogen and oxygen atoms in total. The topological polar surface area (TPSA) is 71.3 Å². The van der Waals surface area contributed by atoms with Crippen LogP contribution in [0.4, 0.5) is 4.79 Å². The Labute approximate surface area is 232 Å². The van der Waals surface area contributed by atoms with E-state index < -0.39 is 11.6 Å². The zero-order valence-electron chi connectivity index (χ0n) is 23.1. The van der Waals surface area contributed by atoms with Crippen LogP contribution in [-0.4, -0.2) is 25.3 Å². The summed E-state index contributed by atoms with van der Waals surface area (Å²) in [6.45, 7) is 10.5. The third kappa shape index (κ3) is 9.79. The van der Waals surface area contributed by atoms with Crippen LogP contribution < -0.4 is 10.1 Å². The number of ether oxygens (including phenoxy) is 2. The molecule has 6 heteroatoms. The second-order valence-corrected chi connectivity index (χ2v) is 10.1. The maximum atomic E-state index is 11.9. The minimum Gasteiger partial charge on any atom is -0.489 e. The van der Waals surface area contributed by atoms with Crippen molar-refractivity contribution in [3.05, 3.63) is 90.0 Å². The summed E-state index contributed by atoms with van der Waals surface area (Å²) >= 11 is 1.71. The number of hydrogen-bond donors (Lipinski definition) is 1. The molecule has 1 N–H and O–H groups in total. The van der Waals surface area contributed by atoms with Gasteiger partial charge in [-0.3, -0.25) is 0 Å². The summed E-state index contributed by atoms with van der Waals surface area (Å²) in [4.78, 5) is 14.2. The first kappa shape index (κ1) is 30.8. The number of alkyl carbamates (subject to hydrolysis) is 1. The maximum absolute atomic E-state index is 11.9.